The Hall–Kier alpha value is -2.01. The van der Waals surface area contributed by atoms with Crippen molar-refractivity contribution < 1.29 is 9.59 Å². The number of ketones is 1. The molecule has 1 aromatic carbocycles. The monoisotopic (exact) mass is 274 g/mol. The molecule has 1 amide bonds. The van der Waals surface area contributed by atoms with Crippen molar-refractivity contribution in [1.82, 2.24) is 10.3 Å². The lowest BCUT2D eigenvalue weighted by Gasteiger charge is -2.15. The van der Waals surface area contributed by atoms with E-state index in [9.17, 15) is 9.59 Å². The lowest BCUT2D eigenvalue weighted by molar-refractivity contribution is -0.119. The van der Waals surface area contributed by atoms with Crippen LogP contribution in [0.1, 0.15) is 22.3 Å². The van der Waals surface area contributed by atoms with Crippen LogP contribution in [0.2, 0.25) is 0 Å². The van der Waals surface area contributed by atoms with Crippen LogP contribution in [0, 0.1) is 0 Å². The number of benzene rings is 1. The first kappa shape index (κ1) is 13.4. The predicted molar refractivity (Wildman–Crippen MR) is 74.2 cm³/mol. The van der Waals surface area contributed by atoms with Gasteiger partial charge in [-0.15, -0.1) is 11.3 Å². The summed E-state index contributed by atoms with van der Waals surface area (Å²) in [5, 5.41) is 4.87. The Bertz CT molecular complexity index is 552. The van der Waals surface area contributed by atoms with Crippen molar-refractivity contribution >= 4 is 23.0 Å². The smallest absolute Gasteiger partial charge is 0.217 e. The van der Waals surface area contributed by atoms with Crippen molar-refractivity contribution in [3.63, 3.8) is 0 Å². The summed E-state index contributed by atoms with van der Waals surface area (Å²) in [6, 6.07) is 9.04. The fourth-order valence-corrected chi connectivity index (χ4v) is 2.43. The highest BCUT2D eigenvalue weighted by atomic mass is 32.1. The Morgan fingerprint density at radius 1 is 1.32 bits per heavy atom. The molecule has 0 aliphatic heterocycles. The molecule has 0 radical (unpaired) electrons. The van der Waals surface area contributed by atoms with E-state index in [1.165, 1.54) is 18.3 Å². The summed E-state index contributed by atoms with van der Waals surface area (Å²) in [5.41, 5.74) is 1.01. The van der Waals surface area contributed by atoms with Gasteiger partial charge < -0.3 is 5.32 Å². The lowest BCUT2D eigenvalue weighted by Crippen LogP contribution is -2.41. The molecule has 0 saturated heterocycles. The normalized spacial score (nSPS) is 11.8. The summed E-state index contributed by atoms with van der Waals surface area (Å²) in [6.45, 7) is 1.41. The van der Waals surface area contributed by atoms with Gasteiger partial charge in [0.25, 0.3) is 0 Å². The van der Waals surface area contributed by atoms with Crippen molar-refractivity contribution in [2.75, 3.05) is 0 Å². The molecular formula is C14H14N2O2S. The third-order valence-electron chi connectivity index (χ3n) is 2.62. The van der Waals surface area contributed by atoms with E-state index in [0.29, 0.717) is 11.4 Å². The fraction of sp³-hybridized carbons (Fsp3) is 0.214. The molecule has 0 aliphatic carbocycles. The average molecular weight is 274 g/mol. The number of carbonyl (C=O) groups is 2. The van der Waals surface area contributed by atoms with Gasteiger partial charge in [0.1, 0.15) is 0 Å². The van der Waals surface area contributed by atoms with Gasteiger partial charge in [0.05, 0.1) is 6.04 Å². The summed E-state index contributed by atoms with van der Waals surface area (Å²) in [7, 11) is 0. The maximum Gasteiger partial charge on any atom is 0.217 e. The number of aromatic nitrogens is 1. The molecular weight excluding hydrogens is 260 g/mol. The van der Waals surface area contributed by atoms with Gasteiger partial charge >= 0.3 is 0 Å². The molecule has 1 atom stereocenters. The first-order valence-electron chi connectivity index (χ1n) is 5.91. The molecule has 19 heavy (non-hydrogen) atoms. The van der Waals surface area contributed by atoms with Gasteiger partial charge in [-0.05, 0) is 5.56 Å². The van der Waals surface area contributed by atoms with Gasteiger partial charge in [-0.25, -0.2) is 4.98 Å². The third-order valence-corrected chi connectivity index (χ3v) is 3.41. The van der Waals surface area contributed by atoms with Gasteiger partial charge in [-0.1, -0.05) is 30.3 Å². The molecule has 0 saturated carbocycles. The number of carbonyl (C=O) groups excluding carboxylic acids is 2. The summed E-state index contributed by atoms with van der Waals surface area (Å²) < 4.78 is 0. The van der Waals surface area contributed by atoms with Crippen LogP contribution in [0.5, 0.6) is 0 Å². The second-order valence-electron chi connectivity index (χ2n) is 4.14. The van der Waals surface area contributed by atoms with Crippen molar-refractivity contribution in [1.29, 1.82) is 0 Å². The predicted octanol–water partition coefficient (Wildman–Crippen LogP) is 2.07. The highest BCUT2D eigenvalue weighted by Gasteiger charge is 2.23. The zero-order valence-electron chi connectivity index (χ0n) is 10.5. The van der Waals surface area contributed by atoms with Crippen molar-refractivity contribution in [3.8, 4) is 0 Å². The van der Waals surface area contributed by atoms with Crippen LogP contribution in [0.3, 0.4) is 0 Å². The second-order valence-corrected chi connectivity index (χ2v) is 5.04. The van der Waals surface area contributed by atoms with Gasteiger partial charge in [0.2, 0.25) is 11.7 Å². The lowest BCUT2D eigenvalue weighted by atomic mass is 10.0. The Morgan fingerprint density at radius 2 is 2.05 bits per heavy atom. The van der Waals surface area contributed by atoms with Gasteiger partial charge in [0, 0.05) is 24.9 Å². The molecule has 4 nitrogen and oxygen atoms in total. The standard InChI is InChI=1S/C14H14N2O2S/c1-10(17)16-12(9-11-5-3-2-4-6-11)13(18)14-15-7-8-19-14/h2-8,12H,9H2,1H3,(H,16,17). The molecule has 0 spiro atoms. The minimum absolute atomic E-state index is 0.144. The molecule has 1 unspecified atom stereocenters. The second kappa shape index (κ2) is 6.24. The van der Waals surface area contributed by atoms with E-state index >= 15 is 0 Å². The number of amides is 1. The zero-order chi connectivity index (χ0) is 13.7. The Balaban J connectivity index is 2.16. The topological polar surface area (TPSA) is 59.1 Å². The number of nitrogens with zero attached hydrogens (tertiary/aromatic N) is 1. The van der Waals surface area contributed by atoms with E-state index < -0.39 is 6.04 Å². The molecule has 0 aliphatic rings. The van der Waals surface area contributed by atoms with E-state index in [-0.39, 0.29) is 11.7 Å². The first-order valence-corrected chi connectivity index (χ1v) is 6.79. The van der Waals surface area contributed by atoms with E-state index in [2.05, 4.69) is 10.3 Å². The van der Waals surface area contributed by atoms with Crippen LogP contribution >= 0.6 is 11.3 Å². The zero-order valence-corrected chi connectivity index (χ0v) is 11.3. The fourth-order valence-electron chi connectivity index (χ4n) is 1.80. The van der Waals surface area contributed by atoms with Crippen LogP contribution in [0.15, 0.2) is 41.9 Å². The summed E-state index contributed by atoms with van der Waals surface area (Å²) in [5.74, 6) is -0.361. The largest absolute Gasteiger partial charge is 0.346 e. The van der Waals surface area contributed by atoms with Crippen LogP contribution in [-0.4, -0.2) is 22.7 Å². The number of rotatable bonds is 5. The van der Waals surface area contributed by atoms with Crippen LogP contribution in [0.25, 0.3) is 0 Å². The minimum Gasteiger partial charge on any atom is -0.346 e. The quantitative estimate of drug-likeness (QED) is 0.849. The molecule has 1 heterocycles. The van der Waals surface area contributed by atoms with Crippen molar-refractivity contribution in [2.45, 2.75) is 19.4 Å². The Morgan fingerprint density at radius 3 is 2.63 bits per heavy atom. The first-order chi connectivity index (χ1) is 9.16. The Kier molecular flexibility index (Phi) is 4.41. The SMILES string of the molecule is CC(=O)NC(Cc1ccccc1)C(=O)c1nccs1. The number of thiazole rings is 1. The van der Waals surface area contributed by atoms with E-state index in [1.807, 2.05) is 30.3 Å². The molecule has 0 fully saturated rings. The van der Waals surface area contributed by atoms with E-state index in [0.717, 1.165) is 5.56 Å². The Labute approximate surface area is 115 Å². The molecule has 0 bridgehead atoms. The molecule has 1 aromatic heterocycles. The van der Waals surface area contributed by atoms with Gasteiger partial charge in [-0.2, -0.15) is 0 Å². The van der Waals surface area contributed by atoms with Crippen LogP contribution in [0.4, 0.5) is 0 Å². The molecule has 98 valence electrons. The maximum atomic E-state index is 12.3. The number of hydrogen-bond donors (Lipinski definition) is 1. The van der Waals surface area contributed by atoms with Crippen LogP contribution in [-0.2, 0) is 11.2 Å². The summed E-state index contributed by atoms with van der Waals surface area (Å²) in [6.07, 6.45) is 2.06. The third kappa shape index (κ3) is 3.72. The van der Waals surface area contributed by atoms with Crippen molar-refractivity contribution in [2.24, 2.45) is 0 Å². The van der Waals surface area contributed by atoms with E-state index in [1.54, 1.807) is 11.6 Å². The molecule has 5 heteroatoms. The van der Waals surface area contributed by atoms with E-state index in [4.69, 9.17) is 0 Å². The number of nitrogens with one attached hydrogen (secondary N) is 1. The van der Waals surface area contributed by atoms with Gasteiger partial charge in [-0.3, -0.25) is 9.59 Å². The highest BCUT2D eigenvalue weighted by molar-refractivity contribution is 7.11. The van der Waals surface area contributed by atoms with Gasteiger partial charge in [0.15, 0.2) is 5.01 Å². The summed E-state index contributed by atoms with van der Waals surface area (Å²) in [4.78, 5) is 27.5. The van der Waals surface area contributed by atoms with Crippen LogP contribution < -0.4 is 5.32 Å². The number of Topliss-reactive ketones (excluding diaryl/α,β-unsaturated/α-hetero) is 1. The van der Waals surface area contributed by atoms with Crippen molar-refractivity contribution in [3.05, 3.63) is 52.5 Å². The maximum absolute atomic E-state index is 12.3. The average Bonchev–Trinajstić information content (AvgIpc) is 2.91. The molecule has 2 aromatic rings. The highest BCUT2D eigenvalue weighted by Crippen LogP contribution is 2.11. The summed E-state index contributed by atoms with van der Waals surface area (Å²) >= 11 is 1.29. The molecule has 2 rings (SSSR count). The minimum atomic E-state index is -0.564. The molecule has 1 N–H and O–H groups in total. The number of hydrogen-bond acceptors (Lipinski definition) is 4.